The van der Waals surface area contributed by atoms with E-state index in [1.54, 1.807) is 4.90 Å². The number of fused-ring (bicyclic) bond motifs is 1. The number of hydrogen-bond donors (Lipinski definition) is 1. The van der Waals surface area contributed by atoms with Gasteiger partial charge in [0, 0.05) is 26.2 Å². The van der Waals surface area contributed by atoms with E-state index in [4.69, 9.17) is 15.7 Å². The Morgan fingerprint density at radius 1 is 0.882 bits per heavy atom. The van der Waals surface area contributed by atoms with Crippen LogP contribution in [-0.4, -0.2) is 86.6 Å². The summed E-state index contributed by atoms with van der Waals surface area (Å²) in [5.74, 6) is 2.72. The molecule has 10 nitrogen and oxygen atoms in total. The molecule has 2 aliphatic heterocycles. The zero-order valence-corrected chi connectivity index (χ0v) is 19.8. The first-order valence-corrected chi connectivity index (χ1v) is 13.0. The van der Waals surface area contributed by atoms with Crippen LogP contribution < -0.4 is 15.5 Å². The van der Waals surface area contributed by atoms with E-state index in [0.717, 1.165) is 18.5 Å². The minimum atomic E-state index is -0.808. The Kier molecular flexibility index (Phi) is 6.63. The summed E-state index contributed by atoms with van der Waals surface area (Å²) in [6, 6.07) is 10.3. The third-order valence-electron chi connectivity index (χ3n) is 6.32. The third-order valence-corrected chi connectivity index (χ3v) is 7.60. The number of anilines is 3. The summed E-state index contributed by atoms with van der Waals surface area (Å²) in [5.41, 5.74) is 9.48. The summed E-state index contributed by atoms with van der Waals surface area (Å²) in [4.78, 5) is 36.1. The van der Waals surface area contributed by atoms with Gasteiger partial charge in [-0.05, 0) is 18.4 Å². The van der Waals surface area contributed by atoms with Crippen LogP contribution in [0.3, 0.4) is 0 Å². The highest BCUT2D eigenvalue weighted by molar-refractivity contribution is 7.91. The highest BCUT2D eigenvalue weighted by Crippen LogP contribution is 2.29. The summed E-state index contributed by atoms with van der Waals surface area (Å²) in [6.45, 7) is 3.84. The zero-order chi connectivity index (χ0) is 23.5. The van der Waals surface area contributed by atoms with Crippen molar-refractivity contribution in [3.05, 3.63) is 41.6 Å². The topological polar surface area (TPSA) is 127 Å². The summed E-state index contributed by atoms with van der Waals surface area (Å²) in [6.07, 6.45) is 2.37. The Labute approximate surface area is 201 Å². The van der Waals surface area contributed by atoms with E-state index >= 15 is 0 Å². The Balaban J connectivity index is 1.55. The van der Waals surface area contributed by atoms with Gasteiger partial charge >= 0.3 is 0 Å². The molecule has 0 atom stereocenters. The number of hydrogen-bond acceptors (Lipinski definition) is 9. The number of nitrogen functional groups attached to an aromatic ring is 1. The average molecular weight is 481 g/mol. The van der Waals surface area contributed by atoms with Gasteiger partial charge in [-0.15, -0.1) is 0 Å². The molecular formula is C23H28N8O2S. The number of nitrogens with two attached hydrogens (primary N) is 1. The molecule has 0 bridgehead atoms. The van der Waals surface area contributed by atoms with Crippen molar-refractivity contribution in [1.29, 1.82) is 0 Å². The van der Waals surface area contributed by atoms with Crippen LogP contribution in [0.5, 0.6) is 0 Å². The lowest BCUT2D eigenvalue weighted by molar-refractivity contribution is -0.118. The smallest absolute Gasteiger partial charge is 0.228 e. The molecule has 4 heterocycles. The van der Waals surface area contributed by atoms with Gasteiger partial charge in [-0.25, -0.2) is 15.0 Å². The first-order chi connectivity index (χ1) is 16.6. The maximum absolute atomic E-state index is 12.0. The minimum Gasteiger partial charge on any atom is -0.616 e. The molecular weight excluding hydrogens is 452 g/mol. The van der Waals surface area contributed by atoms with Crippen LogP contribution in [0.4, 0.5) is 17.7 Å². The number of benzene rings is 1. The molecule has 0 spiro atoms. The molecule has 5 rings (SSSR count). The Bertz CT molecular complexity index is 1150. The van der Waals surface area contributed by atoms with Crippen molar-refractivity contribution in [1.82, 2.24) is 24.8 Å². The van der Waals surface area contributed by atoms with Crippen molar-refractivity contribution in [3.63, 3.8) is 0 Å². The van der Waals surface area contributed by atoms with Gasteiger partial charge in [0.05, 0.1) is 18.8 Å². The number of carbonyl (C=O) groups is 1. The predicted octanol–water partition coefficient (Wildman–Crippen LogP) is 0.634. The fourth-order valence-corrected chi connectivity index (χ4v) is 5.44. The molecule has 0 radical (unpaired) electrons. The lowest BCUT2D eigenvalue weighted by atomic mass is 10.1. The molecule has 0 aliphatic carbocycles. The fourth-order valence-electron chi connectivity index (χ4n) is 4.39. The second kappa shape index (κ2) is 9.98. The number of piperazine rings is 1. The highest BCUT2D eigenvalue weighted by atomic mass is 32.2. The van der Waals surface area contributed by atoms with Gasteiger partial charge < -0.3 is 25.0 Å². The van der Waals surface area contributed by atoms with E-state index < -0.39 is 11.2 Å². The van der Waals surface area contributed by atoms with Crippen molar-refractivity contribution >= 4 is 46.3 Å². The van der Waals surface area contributed by atoms with Gasteiger partial charge in [0.1, 0.15) is 22.5 Å². The number of rotatable bonds is 6. The van der Waals surface area contributed by atoms with Crippen LogP contribution in [0, 0.1) is 0 Å². The summed E-state index contributed by atoms with van der Waals surface area (Å²) in [5, 5.41) is 0. The number of nitrogens with zero attached hydrogens (tertiary/aromatic N) is 7. The quantitative estimate of drug-likeness (QED) is 0.399. The first-order valence-electron chi connectivity index (χ1n) is 11.5. The van der Waals surface area contributed by atoms with Crippen molar-refractivity contribution in [2.75, 3.05) is 66.3 Å². The van der Waals surface area contributed by atoms with Crippen LogP contribution in [0.15, 0.2) is 30.3 Å². The Morgan fingerprint density at radius 3 is 2.32 bits per heavy atom. The van der Waals surface area contributed by atoms with Crippen LogP contribution in [0.1, 0.15) is 11.3 Å². The lowest BCUT2D eigenvalue weighted by Gasteiger charge is -2.34. The zero-order valence-electron chi connectivity index (χ0n) is 19.0. The molecule has 0 saturated carbocycles. The van der Waals surface area contributed by atoms with Crippen molar-refractivity contribution in [3.8, 4) is 0 Å². The van der Waals surface area contributed by atoms with Gasteiger partial charge in [0.25, 0.3) is 0 Å². The van der Waals surface area contributed by atoms with Crippen LogP contribution in [0.25, 0.3) is 11.0 Å². The Morgan fingerprint density at radius 2 is 1.62 bits per heavy atom. The molecule has 2 aliphatic rings. The van der Waals surface area contributed by atoms with E-state index in [0.29, 0.717) is 80.0 Å². The largest absolute Gasteiger partial charge is 0.616 e. The van der Waals surface area contributed by atoms with E-state index in [1.165, 1.54) is 5.56 Å². The van der Waals surface area contributed by atoms with Gasteiger partial charge in [-0.1, -0.05) is 41.5 Å². The van der Waals surface area contributed by atoms with Gasteiger partial charge in [-0.3, -0.25) is 4.79 Å². The van der Waals surface area contributed by atoms with E-state index in [9.17, 15) is 9.35 Å². The van der Waals surface area contributed by atoms with Crippen molar-refractivity contribution in [2.45, 2.75) is 12.8 Å². The molecule has 1 amide bonds. The normalized spacial score (nSPS) is 17.4. The molecule has 34 heavy (non-hydrogen) atoms. The van der Waals surface area contributed by atoms with E-state index in [1.807, 2.05) is 18.2 Å². The lowest BCUT2D eigenvalue weighted by Crippen LogP contribution is -2.46. The van der Waals surface area contributed by atoms with E-state index in [-0.39, 0.29) is 5.95 Å². The monoisotopic (exact) mass is 480 g/mol. The van der Waals surface area contributed by atoms with Crippen LogP contribution >= 0.6 is 0 Å². The van der Waals surface area contributed by atoms with Crippen LogP contribution in [0.2, 0.25) is 0 Å². The maximum Gasteiger partial charge on any atom is 0.228 e. The van der Waals surface area contributed by atoms with Gasteiger partial charge in [0.15, 0.2) is 5.82 Å². The molecule has 11 heteroatoms. The number of carbonyl (C=O) groups excluding carboxylic acids is 1. The SMILES string of the molecule is Nc1nc(CCc2ccccc2)c2nc(N3CCN(C=O)CC3)nc(N3CC[S+]([O-])CC3)c2n1. The molecule has 1 aromatic carbocycles. The predicted molar refractivity (Wildman–Crippen MR) is 133 cm³/mol. The second-order valence-electron chi connectivity index (χ2n) is 8.52. The molecule has 178 valence electrons. The second-order valence-corrected chi connectivity index (χ2v) is 10.2. The summed E-state index contributed by atoms with van der Waals surface area (Å²) >= 11 is -0.808. The molecule has 3 aromatic rings. The van der Waals surface area contributed by atoms with Crippen molar-refractivity contribution < 1.29 is 9.35 Å². The van der Waals surface area contributed by atoms with Gasteiger partial charge in [0.2, 0.25) is 18.3 Å². The molecule has 2 aromatic heterocycles. The molecule has 0 unspecified atom stereocenters. The Hall–Kier alpha value is -3.18. The fraction of sp³-hybridized carbons (Fsp3) is 0.435. The van der Waals surface area contributed by atoms with Crippen LogP contribution in [-0.2, 0) is 28.8 Å². The van der Waals surface area contributed by atoms with E-state index in [2.05, 4.69) is 31.9 Å². The average Bonchev–Trinajstić information content (AvgIpc) is 2.88. The summed E-state index contributed by atoms with van der Waals surface area (Å²) in [7, 11) is 0. The van der Waals surface area contributed by atoms with Crippen molar-refractivity contribution in [2.24, 2.45) is 0 Å². The third kappa shape index (κ3) is 4.85. The number of aryl methyl sites for hydroxylation is 2. The highest BCUT2D eigenvalue weighted by Gasteiger charge is 2.27. The summed E-state index contributed by atoms with van der Waals surface area (Å²) < 4.78 is 12.0. The molecule has 2 fully saturated rings. The molecule has 2 saturated heterocycles. The first kappa shape index (κ1) is 22.6. The molecule has 2 N–H and O–H groups in total. The number of amides is 1. The number of aromatic nitrogens is 4. The maximum atomic E-state index is 12.0. The standard InChI is InChI=1S/C23H28N8O2S/c24-22-25-18(7-6-17-4-2-1-3-5-17)19-20(26-22)21(30-12-14-34(33)15-13-30)28-23(27-19)31-10-8-29(16-32)9-11-31/h1-5,16H,6-15H2,(H2,24,25,26). The minimum absolute atomic E-state index is 0.202. The van der Waals surface area contributed by atoms with Gasteiger partial charge in [-0.2, -0.15) is 4.98 Å².